The van der Waals surface area contributed by atoms with Gasteiger partial charge in [0.2, 0.25) is 0 Å². The Morgan fingerprint density at radius 1 is 1.04 bits per heavy atom. The Morgan fingerprint density at radius 2 is 1.81 bits per heavy atom. The number of morpholine rings is 1. The molecule has 0 amide bonds. The Kier molecular flexibility index (Phi) is 6.89. The van der Waals surface area contributed by atoms with Crippen LogP contribution in [0.2, 0.25) is 0 Å². The van der Waals surface area contributed by atoms with E-state index < -0.39 is 0 Å². The van der Waals surface area contributed by atoms with Crippen LogP contribution in [-0.4, -0.2) is 52.0 Å². The molecule has 1 N–H and O–H groups in total. The van der Waals surface area contributed by atoms with E-state index in [1.807, 2.05) is 18.2 Å². The van der Waals surface area contributed by atoms with E-state index in [4.69, 9.17) is 14.2 Å². The normalized spacial score (nSPS) is 16.2. The third-order valence-corrected chi connectivity index (χ3v) is 4.81. The van der Waals surface area contributed by atoms with E-state index in [1.54, 1.807) is 14.2 Å². The fourth-order valence-corrected chi connectivity index (χ4v) is 3.39. The van der Waals surface area contributed by atoms with Gasteiger partial charge in [0.25, 0.3) is 0 Å². The summed E-state index contributed by atoms with van der Waals surface area (Å²) in [6.45, 7) is 5.12. The molecule has 1 atom stereocenters. The van der Waals surface area contributed by atoms with Crippen molar-refractivity contribution in [2.75, 3.05) is 47.1 Å². The van der Waals surface area contributed by atoms with Crippen LogP contribution in [0.3, 0.4) is 0 Å². The molecule has 5 heteroatoms. The van der Waals surface area contributed by atoms with Crippen LogP contribution < -0.4 is 14.8 Å². The quantitative estimate of drug-likeness (QED) is 0.788. The van der Waals surface area contributed by atoms with Crippen molar-refractivity contribution in [3.8, 4) is 11.5 Å². The molecule has 1 aliphatic heterocycles. The molecule has 1 aliphatic rings. The summed E-state index contributed by atoms with van der Waals surface area (Å²) < 4.78 is 16.3. The lowest BCUT2D eigenvalue weighted by Crippen LogP contribution is -2.42. The Labute approximate surface area is 155 Å². The standard InChI is InChI=1S/C21H28N2O3/c1-24-19-8-9-21(25-2)18(14-19)15-22-16-20(17-6-4-3-5-7-17)23-10-12-26-13-11-23/h3-9,14,20,22H,10-13,15-16H2,1-2H3. The van der Waals surface area contributed by atoms with Gasteiger partial charge in [0.05, 0.1) is 27.4 Å². The van der Waals surface area contributed by atoms with Crippen LogP contribution in [0.15, 0.2) is 48.5 Å². The maximum atomic E-state index is 5.52. The van der Waals surface area contributed by atoms with Gasteiger partial charge in [-0.05, 0) is 23.8 Å². The van der Waals surface area contributed by atoms with E-state index >= 15 is 0 Å². The number of nitrogens with zero attached hydrogens (tertiary/aromatic N) is 1. The first-order chi connectivity index (χ1) is 12.8. The molecule has 1 heterocycles. The summed E-state index contributed by atoms with van der Waals surface area (Å²) in [7, 11) is 3.38. The first kappa shape index (κ1) is 18.7. The predicted molar refractivity (Wildman–Crippen MR) is 103 cm³/mol. The first-order valence-corrected chi connectivity index (χ1v) is 9.10. The smallest absolute Gasteiger partial charge is 0.123 e. The molecule has 0 aromatic heterocycles. The lowest BCUT2D eigenvalue weighted by atomic mass is 10.0. The predicted octanol–water partition coefficient (Wildman–Crippen LogP) is 2.87. The van der Waals surface area contributed by atoms with E-state index in [0.717, 1.165) is 56.5 Å². The molecule has 0 radical (unpaired) electrons. The van der Waals surface area contributed by atoms with Crippen LogP contribution in [0.25, 0.3) is 0 Å². The molecule has 0 aliphatic carbocycles. The van der Waals surface area contributed by atoms with Crippen LogP contribution >= 0.6 is 0 Å². The molecule has 2 aromatic rings. The van der Waals surface area contributed by atoms with Gasteiger partial charge in [-0.15, -0.1) is 0 Å². The van der Waals surface area contributed by atoms with Gasteiger partial charge in [0, 0.05) is 37.8 Å². The van der Waals surface area contributed by atoms with E-state index in [0.29, 0.717) is 6.04 Å². The number of nitrogens with one attached hydrogen (secondary N) is 1. The lowest BCUT2D eigenvalue weighted by molar-refractivity contribution is 0.0161. The van der Waals surface area contributed by atoms with Gasteiger partial charge in [0.15, 0.2) is 0 Å². The summed E-state index contributed by atoms with van der Waals surface area (Å²) in [6, 6.07) is 16.9. The summed E-state index contributed by atoms with van der Waals surface area (Å²) in [4.78, 5) is 2.49. The van der Waals surface area contributed by atoms with Gasteiger partial charge in [-0.3, -0.25) is 4.90 Å². The molecular weight excluding hydrogens is 328 g/mol. The molecule has 1 saturated heterocycles. The Bertz CT molecular complexity index is 672. The molecule has 140 valence electrons. The average Bonchev–Trinajstić information content (AvgIpc) is 2.72. The van der Waals surface area contributed by atoms with Crippen molar-refractivity contribution < 1.29 is 14.2 Å². The molecule has 1 fully saturated rings. The second-order valence-corrected chi connectivity index (χ2v) is 6.38. The highest BCUT2D eigenvalue weighted by molar-refractivity contribution is 5.40. The van der Waals surface area contributed by atoms with E-state index in [1.165, 1.54) is 5.56 Å². The topological polar surface area (TPSA) is 43.0 Å². The van der Waals surface area contributed by atoms with Gasteiger partial charge in [-0.1, -0.05) is 30.3 Å². The van der Waals surface area contributed by atoms with Crippen molar-refractivity contribution in [2.24, 2.45) is 0 Å². The number of ether oxygens (including phenoxy) is 3. The molecule has 0 saturated carbocycles. The van der Waals surface area contributed by atoms with Crippen molar-refractivity contribution >= 4 is 0 Å². The van der Waals surface area contributed by atoms with Crippen LogP contribution in [0.5, 0.6) is 11.5 Å². The highest BCUT2D eigenvalue weighted by atomic mass is 16.5. The minimum absolute atomic E-state index is 0.330. The highest BCUT2D eigenvalue weighted by Crippen LogP contribution is 2.25. The van der Waals surface area contributed by atoms with Crippen molar-refractivity contribution in [3.05, 3.63) is 59.7 Å². The Morgan fingerprint density at radius 3 is 2.50 bits per heavy atom. The van der Waals surface area contributed by atoms with Crippen molar-refractivity contribution in [3.63, 3.8) is 0 Å². The van der Waals surface area contributed by atoms with Gasteiger partial charge in [-0.25, -0.2) is 0 Å². The zero-order valence-corrected chi connectivity index (χ0v) is 15.6. The van der Waals surface area contributed by atoms with Gasteiger partial charge >= 0.3 is 0 Å². The molecule has 0 spiro atoms. The number of benzene rings is 2. The summed E-state index contributed by atoms with van der Waals surface area (Å²) in [5.74, 6) is 1.72. The lowest BCUT2D eigenvalue weighted by Gasteiger charge is -2.35. The summed E-state index contributed by atoms with van der Waals surface area (Å²) in [5.41, 5.74) is 2.43. The van der Waals surface area contributed by atoms with Crippen molar-refractivity contribution in [1.29, 1.82) is 0 Å². The molecule has 5 nitrogen and oxygen atoms in total. The Hall–Kier alpha value is -2.08. The minimum Gasteiger partial charge on any atom is -0.497 e. The maximum Gasteiger partial charge on any atom is 0.123 e. The number of rotatable bonds is 8. The molecule has 26 heavy (non-hydrogen) atoms. The molecule has 1 unspecified atom stereocenters. The maximum absolute atomic E-state index is 5.52. The van der Waals surface area contributed by atoms with Gasteiger partial charge < -0.3 is 19.5 Å². The third kappa shape index (κ3) is 4.75. The summed E-state index contributed by atoms with van der Waals surface area (Å²) in [5, 5.41) is 3.61. The highest BCUT2D eigenvalue weighted by Gasteiger charge is 2.22. The zero-order chi connectivity index (χ0) is 18.2. The Balaban J connectivity index is 1.68. The van der Waals surface area contributed by atoms with Crippen molar-refractivity contribution in [1.82, 2.24) is 10.2 Å². The van der Waals surface area contributed by atoms with Crippen LogP contribution in [-0.2, 0) is 11.3 Å². The monoisotopic (exact) mass is 356 g/mol. The second-order valence-electron chi connectivity index (χ2n) is 6.38. The summed E-state index contributed by atoms with van der Waals surface area (Å²) >= 11 is 0. The number of hydrogen-bond acceptors (Lipinski definition) is 5. The SMILES string of the molecule is COc1ccc(OC)c(CNCC(c2ccccc2)N2CCOCC2)c1. The number of hydrogen-bond donors (Lipinski definition) is 1. The van der Waals surface area contributed by atoms with Gasteiger partial charge in [0.1, 0.15) is 11.5 Å². The average molecular weight is 356 g/mol. The molecule has 3 rings (SSSR count). The molecule has 0 bridgehead atoms. The fraction of sp³-hybridized carbons (Fsp3) is 0.429. The fourth-order valence-electron chi connectivity index (χ4n) is 3.39. The van der Waals surface area contributed by atoms with E-state index in [2.05, 4.69) is 40.5 Å². The van der Waals surface area contributed by atoms with Crippen LogP contribution in [0, 0.1) is 0 Å². The second kappa shape index (κ2) is 9.57. The third-order valence-electron chi connectivity index (χ3n) is 4.81. The van der Waals surface area contributed by atoms with Crippen LogP contribution in [0.4, 0.5) is 0 Å². The number of methoxy groups -OCH3 is 2. The minimum atomic E-state index is 0.330. The largest absolute Gasteiger partial charge is 0.497 e. The molecule has 2 aromatic carbocycles. The zero-order valence-electron chi connectivity index (χ0n) is 15.6. The van der Waals surface area contributed by atoms with E-state index in [9.17, 15) is 0 Å². The summed E-state index contributed by atoms with van der Waals surface area (Å²) in [6.07, 6.45) is 0. The van der Waals surface area contributed by atoms with E-state index in [-0.39, 0.29) is 0 Å². The first-order valence-electron chi connectivity index (χ1n) is 9.10. The molecular formula is C21H28N2O3. The van der Waals surface area contributed by atoms with Crippen LogP contribution in [0.1, 0.15) is 17.2 Å². The van der Waals surface area contributed by atoms with Crippen molar-refractivity contribution in [2.45, 2.75) is 12.6 Å². The van der Waals surface area contributed by atoms with Gasteiger partial charge in [-0.2, -0.15) is 0 Å².